The Morgan fingerprint density at radius 3 is 2.88 bits per heavy atom. The lowest BCUT2D eigenvalue weighted by Gasteiger charge is -2.01. The molecule has 46 valence electrons. The van der Waals surface area contributed by atoms with Crippen molar-refractivity contribution in [1.29, 1.82) is 0 Å². The Morgan fingerprint density at radius 1 is 1.88 bits per heavy atom. The lowest BCUT2D eigenvalue weighted by atomic mass is 10.1. The van der Waals surface area contributed by atoms with Gasteiger partial charge in [-0.1, -0.05) is 11.6 Å². The van der Waals surface area contributed by atoms with E-state index in [2.05, 4.69) is 13.0 Å². The third-order valence-electron chi connectivity index (χ3n) is 1.67. The van der Waals surface area contributed by atoms with E-state index >= 15 is 0 Å². The lowest BCUT2D eigenvalue weighted by molar-refractivity contribution is 0.232. The molecule has 1 aliphatic carbocycles. The Bertz CT molecular complexity index is 105. The molecule has 0 saturated carbocycles. The summed E-state index contributed by atoms with van der Waals surface area (Å²) in [5.74, 6) is 0.537. The fourth-order valence-corrected chi connectivity index (χ4v) is 1.13. The molecule has 1 rings (SSSR count). The molecule has 0 aromatic carbocycles. The molecule has 8 heavy (non-hydrogen) atoms. The van der Waals surface area contributed by atoms with E-state index in [0.717, 1.165) is 12.8 Å². The zero-order valence-corrected chi connectivity index (χ0v) is 5.22. The van der Waals surface area contributed by atoms with Crippen molar-refractivity contribution in [3.8, 4) is 0 Å². The van der Waals surface area contributed by atoms with Gasteiger partial charge in [0.15, 0.2) is 0 Å². The van der Waals surface area contributed by atoms with Crippen LogP contribution in [0.3, 0.4) is 0 Å². The Morgan fingerprint density at radius 2 is 2.62 bits per heavy atom. The largest absolute Gasteiger partial charge is 0.396 e. The number of allylic oxidation sites excluding steroid dienone is 2. The van der Waals surface area contributed by atoms with Crippen LogP contribution >= 0.6 is 0 Å². The summed E-state index contributed by atoms with van der Waals surface area (Å²) >= 11 is 0. The molecule has 0 spiro atoms. The molecular weight excluding hydrogens is 100 g/mol. The molecule has 0 aliphatic heterocycles. The van der Waals surface area contributed by atoms with Crippen molar-refractivity contribution in [2.45, 2.75) is 19.8 Å². The van der Waals surface area contributed by atoms with Crippen molar-refractivity contribution in [1.82, 2.24) is 0 Å². The van der Waals surface area contributed by atoms with Crippen molar-refractivity contribution in [3.05, 3.63) is 11.6 Å². The third kappa shape index (κ3) is 1.10. The fraction of sp³-hybridized carbons (Fsp3) is 0.714. The van der Waals surface area contributed by atoms with Crippen LogP contribution in [0.1, 0.15) is 19.8 Å². The van der Waals surface area contributed by atoms with Crippen molar-refractivity contribution < 1.29 is 5.11 Å². The number of rotatable bonds is 1. The van der Waals surface area contributed by atoms with Crippen LogP contribution in [0.4, 0.5) is 0 Å². The second kappa shape index (κ2) is 2.31. The van der Waals surface area contributed by atoms with E-state index in [1.807, 2.05) is 0 Å². The monoisotopic (exact) mass is 112 g/mol. The molecule has 0 aromatic rings. The summed E-state index contributed by atoms with van der Waals surface area (Å²) in [5, 5.41) is 8.65. The Kier molecular flexibility index (Phi) is 1.69. The molecule has 1 N–H and O–H groups in total. The van der Waals surface area contributed by atoms with Gasteiger partial charge in [-0.2, -0.15) is 0 Å². The SMILES string of the molecule is CC1=CC[C@@H](CO)C1. The van der Waals surface area contributed by atoms with Gasteiger partial charge in [-0.25, -0.2) is 0 Å². The molecule has 0 amide bonds. The zero-order chi connectivity index (χ0) is 5.98. The van der Waals surface area contributed by atoms with Gasteiger partial charge in [0.25, 0.3) is 0 Å². The Labute approximate surface area is 50.0 Å². The van der Waals surface area contributed by atoms with Crippen LogP contribution in [0.25, 0.3) is 0 Å². The summed E-state index contributed by atoms with van der Waals surface area (Å²) in [5.41, 5.74) is 1.43. The molecular formula is C7H12O. The molecule has 0 aromatic heterocycles. The van der Waals surface area contributed by atoms with Gasteiger partial charge in [-0.05, 0) is 25.7 Å². The molecule has 0 unspecified atom stereocenters. The van der Waals surface area contributed by atoms with E-state index in [1.54, 1.807) is 0 Å². The predicted molar refractivity (Wildman–Crippen MR) is 33.6 cm³/mol. The molecule has 0 radical (unpaired) electrons. The van der Waals surface area contributed by atoms with Gasteiger partial charge in [-0.3, -0.25) is 0 Å². The van der Waals surface area contributed by atoms with Gasteiger partial charge in [0.1, 0.15) is 0 Å². The highest BCUT2D eigenvalue weighted by Gasteiger charge is 2.11. The summed E-state index contributed by atoms with van der Waals surface area (Å²) in [6.07, 6.45) is 4.40. The standard InChI is InChI=1S/C7H12O/c1-6-2-3-7(4-6)5-8/h2,7-8H,3-5H2,1H3/t7-/m1/s1. The molecule has 1 aliphatic rings. The molecule has 1 nitrogen and oxygen atoms in total. The number of hydrogen-bond donors (Lipinski definition) is 1. The minimum atomic E-state index is 0.355. The van der Waals surface area contributed by atoms with Crippen molar-refractivity contribution in [2.24, 2.45) is 5.92 Å². The summed E-state index contributed by atoms with van der Waals surface area (Å²) in [6.45, 7) is 2.48. The highest BCUT2D eigenvalue weighted by Crippen LogP contribution is 2.22. The van der Waals surface area contributed by atoms with Gasteiger partial charge in [-0.15, -0.1) is 0 Å². The topological polar surface area (TPSA) is 20.2 Å². The van der Waals surface area contributed by atoms with Crippen molar-refractivity contribution in [3.63, 3.8) is 0 Å². The first-order valence-corrected chi connectivity index (χ1v) is 3.09. The van der Waals surface area contributed by atoms with Crippen LogP contribution in [0.15, 0.2) is 11.6 Å². The van der Waals surface area contributed by atoms with Gasteiger partial charge >= 0.3 is 0 Å². The number of hydrogen-bond acceptors (Lipinski definition) is 1. The van der Waals surface area contributed by atoms with Gasteiger partial charge in [0.2, 0.25) is 0 Å². The van der Waals surface area contributed by atoms with Gasteiger partial charge in [0.05, 0.1) is 0 Å². The molecule has 0 saturated heterocycles. The molecule has 0 fully saturated rings. The average molecular weight is 112 g/mol. The van der Waals surface area contributed by atoms with Crippen LogP contribution in [-0.2, 0) is 0 Å². The van der Waals surface area contributed by atoms with E-state index in [4.69, 9.17) is 5.11 Å². The second-order valence-corrected chi connectivity index (χ2v) is 2.54. The van der Waals surface area contributed by atoms with E-state index in [1.165, 1.54) is 5.57 Å². The third-order valence-corrected chi connectivity index (χ3v) is 1.67. The summed E-state index contributed by atoms with van der Waals surface area (Å²) in [6, 6.07) is 0. The highest BCUT2D eigenvalue weighted by molar-refractivity contribution is 5.06. The second-order valence-electron chi connectivity index (χ2n) is 2.54. The van der Waals surface area contributed by atoms with Crippen molar-refractivity contribution >= 4 is 0 Å². The Hall–Kier alpha value is -0.300. The van der Waals surface area contributed by atoms with Gasteiger partial charge in [0, 0.05) is 6.61 Å². The van der Waals surface area contributed by atoms with Crippen molar-refractivity contribution in [2.75, 3.05) is 6.61 Å². The minimum absolute atomic E-state index is 0.355. The van der Waals surface area contributed by atoms with E-state index in [-0.39, 0.29) is 0 Å². The lowest BCUT2D eigenvalue weighted by Crippen LogP contribution is -1.99. The van der Waals surface area contributed by atoms with E-state index < -0.39 is 0 Å². The smallest absolute Gasteiger partial charge is 0.0465 e. The van der Waals surface area contributed by atoms with Crippen LogP contribution < -0.4 is 0 Å². The fourth-order valence-electron chi connectivity index (χ4n) is 1.13. The quantitative estimate of drug-likeness (QED) is 0.507. The van der Waals surface area contributed by atoms with Gasteiger partial charge < -0.3 is 5.11 Å². The molecule has 0 bridgehead atoms. The number of aliphatic hydroxyl groups is 1. The zero-order valence-electron chi connectivity index (χ0n) is 5.22. The maximum absolute atomic E-state index is 8.65. The first kappa shape index (κ1) is 5.83. The first-order chi connectivity index (χ1) is 3.83. The van der Waals surface area contributed by atoms with Crippen LogP contribution in [0.5, 0.6) is 0 Å². The summed E-state index contributed by atoms with van der Waals surface area (Å²) < 4.78 is 0. The minimum Gasteiger partial charge on any atom is -0.396 e. The maximum Gasteiger partial charge on any atom is 0.0465 e. The maximum atomic E-state index is 8.65. The van der Waals surface area contributed by atoms with Crippen LogP contribution in [-0.4, -0.2) is 11.7 Å². The van der Waals surface area contributed by atoms with E-state index in [0.29, 0.717) is 12.5 Å². The Balaban J connectivity index is 2.32. The molecule has 1 heteroatoms. The average Bonchev–Trinajstić information content (AvgIpc) is 2.14. The summed E-state index contributed by atoms with van der Waals surface area (Å²) in [4.78, 5) is 0. The van der Waals surface area contributed by atoms with Crippen LogP contribution in [0.2, 0.25) is 0 Å². The predicted octanol–water partition coefficient (Wildman–Crippen LogP) is 1.33. The van der Waals surface area contributed by atoms with Crippen LogP contribution in [0, 0.1) is 5.92 Å². The highest BCUT2D eigenvalue weighted by atomic mass is 16.3. The molecule has 1 atom stereocenters. The summed E-state index contributed by atoms with van der Waals surface area (Å²) in [7, 11) is 0. The first-order valence-electron chi connectivity index (χ1n) is 3.09. The number of aliphatic hydroxyl groups excluding tert-OH is 1. The molecule has 0 heterocycles. The van der Waals surface area contributed by atoms with E-state index in [9.17, 15) is 0 Å². The normalized spacial score (nSPS) is 28.2.